The van der Waals surface area contributed by atoms with E-state index in [9.17, 15) is 4.79 Å². The summed E-state index contributed by atoms with van der Waals surface area (Å²) in [7, 11) is 1.36. The molecule has 0 aromatic carbocycles. The first-order chi connectivity index (χ1) is 7.39. The van der Waals surface area contributed by atoms with Crippen LogP contribution in [0.5, 0.6) is 0 Å². The first-order valence-corrected chi connectivity index (χ1v) is 5.17. The molecule has 0 bridgehead atoms. The highest BCUT2D eigenvalue weighted by atomic mass is 16.5. The second-order valence-corrected chi connectivity index (χ2v) is 4.39. The molecule has 0 aliphatic carbocycles. The van der Waals surface area contributed by atoms with Crippen molar-refractivity contribution in [1.29, 1.82) is 0 Å². The summed E-state index contributed by atoms with van der Waals surface area (Å²) in [5.74, 6) is -0.330. The molecule has 1 rings (SSSR count). The van der Waals surface area contributed by atoms with Crippen molar-refractivity contribution in [3.05, 3.63) is 29.6 Å². The molecule has 0 unspecified atom stereocenters. The molecule has 16 heavy (non-hydrogen) atoms. The van der Waals surface area contributed by atoms with Crippen molar-refractivity contribution in [3.63, 3.8) is 0 Å². The number of nitrogens with two attached hydrogens (primary N) is 1. The van der Waals surface area contributed by atoms with Crippen LogP contribution in [0, 0.1) is 12.3 Å². The standard InChI is InChI=1S/C12H18N2O2/c1-8-6-5-7-9(14-8)10(13)12(2,3)11(15)16-4/h5-7,10H,13H2,1-4H3/t10-/m1/s1. The Morgan fingerprint density at radius 3 is 2.62 bits per heavy atom. The monoisotopic (exact) mass is 222 g/mol. The molecule has 4 nitrogen and oxygen atoms in total. The van der Waals surface area contributed by atoms with Gasteiger partial charge in [-0.15, -0.1) is 0 Å². The van der Waals surface area contributed by atoms with Crippen molar-refractivity contribution < 1.29 is 9.53 Å². The molecule has 1 heterocycles. The minimum absolute atomic E-state index is 0.330. The lowest BCUT2D eigenvalue weighted by Crippen LogP contribution is -2.37. The Balaban J connectivity index is 3.01. The van der Waals surface area contributed by atoms with Crippen LogP contribution in [-0.2, 0) is 9.53 Å². The molecule has 0 radical (unpaired) electrons. The summed E-state index contributed by atoms with van der Waals surface area (Å²) in [6.45, 7) is 5.41. The minimum atomic E-state index is -0.782. The number of aromatic nitrogens is 1. The van der Waals surface area contributed by atoms with Crippen molar-refractivity contribution >= 4 is 5.97 Å². The third kappa shape index (κ3) is 2.39. The zero-order valence-electron chi connectivity index (χ0n) is 10.2. The molecule has 2 N–H and O–H groups in total. The van der Waals surface area contributed by atoms with Gasteiger partial charge < -0.3 is 10.5 Å². The highest BCUT2D eigenvalue weighted by Crippen LogP contribution is 2.31. The molecule has 0 spiro atoms. The lowest BCUT2D eigenvalue weighted by molar-refractivity contribution is -0.152. The Morgan fingerprint density at radius 2 is 2.12 bits per heavy atom. The average Bonchev–Trinajstić information content (AvgIpc) is 2.26. The number of carbonyl (C=O) groups is 1. The summed E-state index contributed by atoms with van der Waals surface area (Å²) < 4.78 is 4.74. The van der Waals surface area contributed by atoms with E-state index in [1.54, 1.807) is 13.8 Å². The van der Waals surface area contributed by atoms with Gasteiger partial charge in [-0.1, -0.05) is 6.07 Å². The lowest BCUT2D eigenvalue weighted by Gasteiger charge is -2.28. The van der Waals surface area contributed by atoms with E-state index in [4.69, 9.17) is 10.5 Å². The molecule has 0 saturated heterocycles. The predicted octanol–water partition coefficient (Wildman–Crippen LogP) is 1.59. The van der Waals surface area contributed by atoms with Crippen molar-refractivity contribution in [2.45, 2.75) is 26.8 Å². The van der Waals surface area contributed by atoms with Crippen LogP contribution in [0.25, 0.3) is 0 Å². The van der Waals surface area contributed by atoms with Gasteiger partial charge in [0, 0.05) is 5.69 Å². The molecule has 4 heteroatoms. The van der Waals surface area contributed by atoms with Gasteiger partial charge in [0.2, 0.25) is 0 Å². The maximum atomic E-state index is 11.6. The maximum Gasteiger partial charge on any atom is 0.313 e. The van der Waals surface area contributed by atoms with Gasteiger partial charge in [-0.25, -0.2) is 0 Å². The van der Waals surface area contributed by atoms with E-state index < -0.39 is 11.5 Å². The highest BCUT2D eigenvalue weighted by Gasteiger charge is 2.37. The molecule has 1 aromatic heterocycles. The molecule has 1 aromatic rings. The largest absolute Gasteiger partial charge is 0.469 e. The number of rotatable bonds is 3. The van der Waals surface area contributed by atoms with E-state index in [0.717, 1.165) is 5.69 Å². The number of hydrogen-bond acceptors (Lipinski definition) is 4. The predicted molar refractivity (Wildman–Crippen MR) is 61.7 cm³/mol. The summed E-state index contributed by atoms with van der Waals surface area (Å²) in [6.07, 6.45) is 0. The number of esters is 1. The quantitative estimate of drug-likeness (QED) is 0.789. The Kier molecular flexibility index (Phi) is 3.65. The van der Waals surface area contributed by atoms with Gasteiger partial charge in [-0.2, -0.15) is 0 Å². The maximum absolute atomic E-state index is 11.6. The number of methoxy groups -OCH3 is 1. The van der Waals surface area contributed by atoms with Crippen LogP contribution in [0.3, 0.4) is 0 Å². The van der Waals surface area contributed by atoms with E-state index in [0.29, 0.717) is 5.69 Å². The average molecular weight is 222 g/mol. The summed E-state index contributed by atoms with van der Waals surface area (Å²) in [5.41, 5.74) is 6.86. The summed E-state index contributed by atoms with van der Waals surface area (Å²) >= 11 is 0. The first-order valence-electron chi connectivity index (χ1n) is 5.17. The van der Waals surface area contributed by atoms with Crippen molar-refractivity contribution in [3.8, 4) is 0 Å². The number of aryl methyl sites for hydroxylation is 1. The van der Waals surface area contributed by atoms with Gasteiger partial charge >= 0.3 is 5.97 Å². The Labute approximate surface area is 95.8 Å². The number of hydrogen-bond donors (Lipinski definition) is 1. The smallest absolute Gasteiger partial charge is 0.313 e. The Morgan fingerprint density at radius 1 is 1.50 bits per heavy atom. The van der Waals surface area contributed by atoms with Crippen LogP contribution in [0.2, 0.25) is 0 Å². The molecule has 0 saturated carbocycles. The molecule has 88 valence electrons. The SMILES string of the molecule is COC(=O)C(C)(C)[C@H](N)c1cccc(C)n1. The Bertz CT molecular complexity index is 388. The zero-order valence-corrected chi connectivity index (χ0v) is 10.2. The second kappa shape index (κ2) is 4.61. The number of ether oxygens (including phenoxy) is 1. The van der Waals surface area contributed by atoms with Crippen LogP contribution >= 0.6 is 0 Å². The summed E-state index contributed by atoms with van der Waals surface area (Å²) in [5, 5.41) is 0. The summed E-state index contributed by atoms with van der Waals surface area (Å²) in [6, 6.07) is 5.12. The van der Waals surface area contributed by atoms with Gasteiger partial charge in [-0.05, 0) is 32.9 Å². The van der Waals surface area contributed by atoms with Crippen LogP contribution in [0.4, 0.5) is 0 Å². The van der Waals surface area contributed by atoms with Crippen LogP contribution in [0.15, 0.2) is 18.2 Å². The molecule has 0 aliphatic heterocycles. The van der Waals surface area contributed by atoms with Crippen LogP contribution in [0.1, 0.15) is 31.3 Å². The molecular weight excluding hydrogens is 204 g/mol. The van der Waals surface area contributed by atoms with E-state index in [1.807, 2.05) is 25.1 Å². The number of nitrogens with zero attached hydrogens (tertiary/aromatic N) is 1. The van der Waals surface area contributed by atoms with Crippen LogP contribution in [-0.4, -0.2) is 18.1 Å². The fourth-order valence-corrected chi connectivity index (χ4v) is 1.50. The van der Waals surface area contributed by atoms with Crippen molar-refractivity contribution in [1.82, 2.24) is 4.98 Å². The molecule has 1 atom stereocenters. The lowest BCUT2D eigenvalue weighted by atomic mass is 9.83. The molecule has 0 aliphatic rings. The number of carbonyl (C=O) groups excluding carboxylic acids is 1. The van der Waals surface area contributed by atoms with Gasteiger partial charge in [0.15, 0.2) is 0 Å². The van der Waals surface area contributed by atoms with Gasteiger partial charge in [0.1, 0.15) is 0 Å². The molecule has 0 amide bonds. The first kappa shape index (κ1) is 12.6. The number of pyridine rings is 1. The fraction of sp³-hybridized carbons (Fsp3) is 0.500. The van der Waals surface area contributed by atoms with Gasteiger partial charge in [0.05, 0.1) is 24.3 Å². The normalized spacial score (nSPS) is 13.3. The van der Waals surface area contributed by atoms with Crippen molar-refractivity contribution in [2.75, 3.05) is 7.11 Å². The van der Waals surface area contributed by atoms with E-state index in [-0.39, 0.29) is 5.97 Å². The fourth-order valence-electron chi connectivity index (χ4n) is 1.50. The van der Waals surface area contributed by atoms with E-state index in [1.165, 1.54) is 7.11 Å². The third-order valence-corrected chi connectivity index (χ3v) is 2.72. The van der Waals surface area contributed by atoms with Gasteiger partial charge in [-0.3, -0.25) is 9.78 Å². The van der Waals surface area contributed by atoms with Gasteiger partial charge in [0.25, 0.3) is 0 Å². The topological polar surface area (TPSA) is 65.2 Å². The molecule has 0 fully saturated rings. The molecular formula is C12H18N2O2. The van der Waals surface area contributed by atoms with E-state index >= 15 is 0 Å². The second-order valence-electron chi connectivity index (χ2n) is 4.39. The van der Waals surface area contributed by atoms with E-state index in [2.05, 4.69) is 4.98 Å². The summed E-state index contributed by atoms with van der Waals surface area (Å²) in [4.78, 5) is 15.9. The third-order valence-electron chi connectivity index (χ3n) is 2.72. The van der Waals surface area contributed by atoms with Crippen molar-refractivity contribution in [2.24, 2.45) is 11.1 Å². The zero-order chi connectivity index (χ0) is 12.3. The Hall–Kier alpha value is -1.42. The highest BCUT2D eigenvalue weighted by molar-refractivity contribution is 5.76. The van der Waals surface area contributed by atoms with Crippen LogP contribution < -0.4 is 5.73 Å². The minimum Gasteiger partial charge on any atom is -0.469 e.